The summed E-state index contributed by atoms with van der Waals surface area (Å²) in [7, 11) is 0. The Balaban J connectivity index is 1.62. The minimum atomic E-state index is -0.209. The third kappa shape index (κ3) is 5.44. The van der Waals surface area contributed by atoms with E-state index in [0.29, 0.717) is 11.4 Å². The number of anilines is 1. The topological polar surface area (TPSA) is 67.4 Å². The van der Waals surface area contributed by atoms with Gasteiger partial charge in [0.1, 0.15) is 5.75 Å². The lowest BCUT2D eigenvalue weighted by Gasteiger charge is -2.18. The number of carbonyl (C=O) groups is 2. The number of nitrogens with one attached hydrogen (secondary N) is 2. The lowest BCUT2D eigenvalue weighted by molar-refractivity contribution is -0.123. The summed E-state index contributed by atoms with van der Waals surface area (Å²) in [6, 6.07) is 18.8. The first-order valence-electron chi connectivity index (χ1n) is 8.91. The standard InChI is InChI=1S/C22H22N2O3S/c1-15-5-7-17(8-6-15)22(20-4-3-13-28-20)24-21(26)14-27-19-11-9-18(10-12-19)23-16(2)25/h3-13,22H,14H2,1-2H3,(H,23,25)(H,24,26). The van der Waals surface area contributed by atoms with Gasteiger partial charge in [0.25, 0.3) is 5.91 Å². The van der Waals surface area contributed by atoms with Crippen molar-refractivity contribution in [3.05, 3.63) is 82.0 Å². The number of benzene rings is 2. The average Bonchev–Trinajstić information content (AvgIpc) is 3.20. The van der Waals surface area contributed by atoms with Gasteiger partial charge in [0.05, 0.1) is 6.04 Å². The van der Waals surface area contributed by atoms with E-state index in [9.17, 15) is 9.59 Å². The van der Waals surface area contributed by atoms with Crippen molar-refractivity contribution in [2.75, 3.05) is 11.9 Å². The van der Waals surface area contributed by atoms with Gasteiger partial charge in [-0.15, -0.1) is 11.3 Å². The first kappa shape index (κ1) is 19.6. The van der Waals surface area contributed by atoms with Crippen molar-refractivity contribution in [1.29, 1.82) is 0 Å². The predicted octanol–water partition coefficient (Wildman–Crippen LogP) is 4.30. The quantitative estimate of drug-likeness (QED) is 0.628. The third-order valence-electron chi connectivity index (χ3n) is 4.09. The zero-order valence-electron chi connectivity index (χ0n) is 15.8. The van der Waals surface area contributed by atoms with Crippen molar-refractivity contribution in [2.24, 2.45) is 0 Å². The molecule has 1 aromatic heterocycles. The number of hydrogen-bond donors (Lipinski definition) is 2. The summed E-state index contributed by atoms with van der Waals surface area (Å²) in [5.74, 6) is 0.223. The molecule has 3 aromatic rings. The van der Waals surface area contributed by atoms with Gasteiger partial charge in [-0.1, -0.05) is 35.9 Å². The lowest BCUT2D eigenvalue weighted by atomic mass is 10.0. The van der Waals surface area contributed by atoms with Gasteiger partial charge in [0.15, 0.2) is 6.61 Å². The van der Waals surface area contributed by atoms with Crippen molar-refractivity contribution >= 4 is 28.8 Å². The van der Waals surface area contributed by atoms with Gasteiger partial charge in [0, 0.05) is 17.5 Å². The van der Waals surface area contributed by atoms with E-state index < -0.39 is 0 Å². The summed E-state index contributed by atoms with van der Waals surface area (Å²) in [5, 5.41) is 7.74. The van der Waals surface area contributed by atoms with Gasteiger partial charge in [-0.2, -0.15) is 0 Å². The molecule has 0 aliphatic rings. The van der Waals surface area contributed by atoms with Crippen LogP contribution < -0.4 is 15.4 Å². The number of carbonyl (C=O) groups excluding carboxylic acids is 2. The SMILES string of the molecule is CC(=O)Nc1ccc(OCC(=O)NC(c2ccc(C)cc2)c2cccs2)cc1. The number of thiophene rings is 1. The van der Waals surface area contributed by atoms with Crippen LogP contribution in [0.2, 0.25) is 0 Å². The van der Waals surface area contributed by atoms with Crippen molar-refractivity contribution < 1.29 is 14.3 Å². The molecule has 0 saturated carbocycles. The third-order valence-corrected chi connectivity index (χ3v) is 5.03. The molecule has 0 radical (unpaired) electrons. The second-order valence-electron chi connectivity index (χ2n) is 6.42. The molecule has 0 aliphatic carbocycles. The lowest BCUT2D eigenvalue weighted by Crippen LogP contribution is -2.32. The van der Waals surface area contributed by atoms with Crippen LogP contribution in [0.25, 0.3) is 0 Å². The van der Waals surface area contributed by atoms with E-state index in [2.05, 4.69) is 10.6 Å². The molecule has 0 aliphatic heterocycles. The number of aryl methyl sites for hydroxylation is 1. The minimum Gasteiger partial charge on any atom is -0.484 e. The predicted molar refractivity (Wildman–Crippen MR) is 112 cm³/mol. The van der Waals surface area contributed by atoms with E-state index in [-0.39, 0.29) is 24.5 Å². The summed E-state index contributed by atoms with van der Waals surface area (Å²) in [6.45, 7) is 3.40. The highest BCUT2D eigenvalue weighted by molar-refractivity contribution is 7.10. The Bertz CT molecular complexity index is 919. The van der Waals surface area contributed by atoms with Crippen LogP contribution in [0.15, 0.2) is 66.0 Å². The molecule has 0 spiro atoms. The van der Waals surface area contributed by atoms with Crippen LogP contribution in [0.1, 0.15) is 29.0 Å². The Morgan fingerprint density at radius 2 is 1.75 bits per heavy atom. The van der Waals surface area contributed by atoms with E-state index in [1.807, 2.05) is 48.7 Å². The molecule has 5 nitrogen and oxygen atoms in total. The largest absolute Gasteiger partial charge is 0.484 e. The second-order valence-corrected chi connectivity index (χ2v) is 7.40. The smallest absolute Gasteiger partial charge is 0.258 e. The molecule has 0 bridgehead atoms. The summed E-state index contributed by atoms with van der Waals surface area (Å²) >= 11 is 1.60. The van der Waals surface area contributed by atoms with Crippen LogP contribution in [0.5, 0.6) is 5.75 Å². The molecule has 0 saturated heterocycles. The monoisotopic (exact) mass is 394 g/mol. The van der Waals surface area contributed by atoms with E-state index in [0.717, 1.165) is 10.4 Å². The van der Waals surface area contributed by atoms with Gasteiger partial charge in [0.2, 0.25) is 5.91 Å². The minimum absolute atomic E-state index is 0.0901. The Labute approximate surface area is 168 Å². The fraction of sp³-hybridized carbons (Fsp3) is 0.182. The molecular formula is C22H22N2O3S. The Morgan fingerprint density at radius 1 is 1.04 bits per heavy atom. The molecule has 3 rings (SSSR count). The van der Waals surface area contributed by atoms with Crippen molar-refractivity contribution in [1.82, 2.24) is 5.32 Å². The maximum absolute atomic E-state index is 12.5. The molecule has 2 N–H and O–H groups in total. The summed E-state index contributed by atoms with van der Waals surface area (Å²) in [6.07, 6.45) is 0. The number of ether oxygens (including phenoxy) is 1. The Kier molecular flexibility index (Phi) is 6.45. The molecule has 28 heavy (non-hydrogen) atoms. The highest BCUT2D eigenvalue weighted by atomic mass is 32.1. The summed E-state index contributed by atoms with van der Waals surface area (Å²) in [5.41, 5.74) is 2.88. The number of rotatable bonds is 7. The average molecular weight is 394 g/mol. The van der Waals surface area contributed by atoms with Crippen LogP contribution in [0.3, 0.4) is 0 Å². The molecule has 6 heteroatoms. The van der Waals surface area contributed by atoms with Crippen LogP contribution in [0, 0.1) is 6.92 Å². The van der Waals surface area contributed by atoms with Crippen molar-refractivity contribution in [2.45, 2.75) is 19.9 Å². The second kappa shape index (κ2) is 9.19. The zero-order chi connectivity index (χ0) is 19.9. The van der Waals surface area contributed by atoms with E-state index >= 15 is 0 Å². The first-order chi connectivity index (χ1) is 13.5. The van der Waals surface area contributed by atoms with E-state index in [1.165, 1.54) is 12.5 Å². The molecule has 0 fully saturated rings. The van der Waals surface area contributed by atoms with Crippen molar-refractivity contribution in [3.8, 4) is 5.75 Å². The molecule has 2 aromatic carbocycles. The molecular weight excluding hydrogens is 372 g/mol. The normalized spacial score (nSPS) is 11.5. The zero-order valence-corrected chi connectivity index (χ0v) is 16.6. The van der Waals surface area contributed by atoms with Gasteiger partial charge in [-0.3, -0.25) is 9.59 Å². The Hall–Kier alpha value is -3.12. The van der Waals surface area contributed by atoms with Gasteiger partial charge >= 0.3 is 0 Å². The summed E-state index contributed by atoms with van der Waals surface area (Å²) < 4.78 is 5.58. The van der Waals surface area contributed by atoms with E-state index in [4.69, 9.17) is 4.74 Å². The fourth-order valence-electron chi connectivity index (χ4n) is 2.72. The first-order valence-corrected chi connectivity index (χ1v) is 9.79. The Morgan fingerprint density at radius 3 is 2.36 bits per heavy atom. The van der Waals surface area contributed by atoms with Crippen molar-refractivity contribution in [3.63, 3.8) is 0 Å². The van der Waals surface area contributed by atoms with Gasteiger partial charge < -0.3 is 15.4 Å². The molecule has 1 unspecified atom stereocenters. The highest BCUT2D eigenvalue weighted by Gasteiger charge is 2.18. The maximum Gasteiger partial charge on any atom is 0.258 e. The fourth-order valence-corrected chi connectivity index (χ4v) is 3.52. The maximum atomic E-state index is 12.5. The number of hydrogen-bond acceptors (Lipinski definition) is 4. The number of amides is 2. The van der Waals surface area contributed by atoms with Gasteiger partial charge in [-0.25, -0.2) is 0 Å². The van der Waals surface area contributed by atoms with Crippen LogP contribution in [-0.4, -0.2) is 18.4 Å². The van der Waals surface area contributed by atoms with Crippen LogP contribution in [0.4, 0.5) is 5.69 Å². The van der Waals surface area contributed by atoms with Crippen LogP contribution >= 0.6 is 11.3 Å². The highest BCUT2D eigenvalue weighted by Crippen LogP contribution is 2.26. The molecule has 2 amide bonds. The van der Waals surface area contributed by atoms with E-state index in [1.54, 1.807) is 35.6 Å². The molecule has 1 atom stereocenters. The summed E-state index contributed by atoms with van der Waals surface area (Å²) in [4.78, 5) is 24.6. The van der Waals surface area contributed by atoms with Crippen LogP contribution in [-0.2, 0) is 9.59 Å². The molecule has 1 heterocycles. The van der Waals surface area contributed by atoms with Gasteiger partial charge in [-0.05, 0) is 48.2 Å². The molecule has 144 valence electrons.